The van der Waals surface area contributed by atoms with Crippen LogP contribution in [-0.2, 0) is 0 Å². The second-order valence-corrected chi connectivity index (χ2v) is 7.25. The van der Waals surface area contributed by atoms with Crippen LogP contribution in [0.15, 0.2) is 65.7 Å². The molecule has 0 bridgehead atoms. The lowest BCUT2D eigenvalue weighted by Crippen LogP contribution is -2.53. The second kappa shape index (κ2) is 9.35. The summed E-state index contributed by atoms with van der Waals surface area (Å²) in [7, 11) is 1.82. The Hall–Kier alpha value is -3.48. The van der Waals surface area contributed by atoms with Crippen molar-refractivity contribution in [1.29, 1.82) is 0 Å². The highest BCUT2D eigenvalue weighted by atomic mass is 16.3. The second-order valence-electron chi connectivity index (χ2n) is 7.25. The van der Waals surface area contributed by atoms with Crippen LogP contribution in [0.2, 0.25) is 0 Å². The average Bonchev–Trinajstić information content (AvgIpc) is 2.80. The molecule has 0 unspecified atom stereocenters. The summed E-state index contributed by atoms with van der Waals surface area (Å²) >= 11 is 0. The molecular weight excluding hydrogens is 376 g/mol. The van der Waals surface area contributed by atoms with Crippen molar-refractivity contribution >= 4 is 28.4 Å². The van der Waals surface area contributed by atoms with Gasteiger partial charge in [0.1, 0.15) is 11.6 Å². The zero-order valence-electron chi connectivity index (χ0n) is 17.3. The Labute approximate surface area is 177 Å². The number of hydrogen-bond acceptors (Lipinski definition) is 5. The first-order valence-corrected chi connectivity index (χ1v) is 10.3. The molecule has 2 heterocycles. The number of para-hydroxylation sites is 3. The number of benzene rings is 2. The lowest BCUT2D eigenvalue weighted by Gasteiger charge is -2.37. The van der Waals surface area contributed by atoms with Crippen molar-refractivity contribution in [2.45, 2.75) is 0 Å². The zero-order chi connectivity index (χ0) is 20.8. The minimum atomic E-state index is 0.335. The van der Waals surface area contributed by atoms with E-state index >= 15 is 0 Å². The topological polar surface area (TPSA) is 76.0 Å². The third-order valence-electron chi connectivity index (χ3n) is 5.33. The average molecular weight is 405 g/mol. The van der Waals surface area contributed by atoms with Crippen LogP contribution in [0.4, 0.5) is 11.5 Å². The maximum absolute atomic E-state index is 10.1. The van der Waals surface area contributed by atoms with Crippen LogP contribution in [0.1, 0.15) is 0 Å². The molecule has 7 heteroatoms. The molecule has 4 rings (SSSR count). The number of fused-ring (bicyclic) bond motifs is 1. The first-order valence-electron chi connectivity index (χ1n) is 10.3. The molecule has 0 amide bonds. The molecule has 0 radical (unpaired) electrons. The van der Waals surface area contributed by atoms with Crippen molar-refractivity contribution in [2.75, 3.05) is 56.5 Å². The van der Waals surface area contributed by atoms with Crippen LogP contribution in [0.3, 0.4) is 0 Å². The molecule has 0 spiro atoms. The summed E-state index contributed by atoms with van der Waals surface area (Å²) in [4.78, 5) is 13.5. The van der Waals surface area contributed by atoms with Crippen LogP contribution < -0.4 is 15.5 Å². The van der Waals surface area contributed by atoms with Crippen molar-refractivity contribution in [2.24, 2.45) is 4.99 Å². The summed E-state index contributed by atoms with van der Waals surface area (Å²) < 4.78 is 0. The zero-order valence-corrected chi connectivity index (χ0v) is 17.3. The first kappa shape index (κ1) is 19.8. The van der Waals surface area contributed by atoms with Gasteiger partial charge in [-0.25, -0.2) is 4.98 Å². The number of phenolic OH excluding ortho intramolecular Hbond substituents is 1. The van der Waals surface area contributed by atoms with Crippen LogP contribution in [0.5, 0.6) is 5.75 Å². The highest BCUT2D eigenvalue weighted by Crippen LogP contribution is 2.27. The molecule has 2 aromatic carbocycles. The normalized spacial score (nSPS) is 14.8. The Morgan fingerprint density at radius 3 is 2.53 bits per heavy atom. The van der Waals surface area contributed by atoms with Crippen molar-refractivity contribution in [3.8, 4) is 5.75 Å². The Morgan fingerprint density at radius 2 is 1.73 bits per heavy atom. The van der Waals surface area contributed by atoms with Gasteiger partial charge in [-0.15, -0.1) is 0 Å². The number of aromatic hydroxyl groups is 1. The number of pyridine rings is 1. The molecule has 1 fully saturated rings. The summed E-state index contributed by atoms with van der Waals surface area (Å²) in [5, 5.41) is 18.0. The van der Waals surface area contributed by atoms with Gasteiger partial charge in [0.25, 0.3) is 0 Å². The Morgan fingerprint density at radius 1 is 0.967 bits per heavy atom. The van der Waals surface area contributed by atoms with Gasteiger partial charge in [0, 0.05) is 51.7 Å². The molecule has 0 saturated carbocycles. The summed E-state index contributed by atoms with van der Waals surface area (Å²) in [5.74, 6) is 2.11. The lowest BCUT2D eigenvalue weighted by atomic mass is 10.2. The SMILES string of the molecule is CN=C(NCCNc1ccc2ccccc2n1)N1CCN(c2ccccc2O)CC1. The van der Waals surface area contributed by atoms with Gasteiger partial charge in [0.2, 0.25) is 0 Å². The van der Waals surface area contributed by atoms with Crippen molar-refractivity contribution in [1.82, 2.24) is 15.2 Å². The molecule has 3 aromatic rings. The number of phenols is 1. The number of rotatable bonds is 5. The molecular formula is C23H28N6O. The van der Waals surface area contributed by atoms with Crippen LogP contribution in [0, 0.1) is 0 Å². The van der Waals surface area contributed by atoms with Crippen LogP contribution >= 0.6 is 0 Å². The van der Waals surface area contributed by atoms with Crippen LogP contribution in [-0.4, -0.2) is 67.3 Å². The number of guanidine groups is 1. The Balaban J connectivity index is 1.24. The Bertz CT molecular complexity index is 1010. The summed E-state index contributed by atoms with van der Waals surface area (Å²) in [5.41, 5.74) is 1.89. The van der Waals surface area contributed by atoms with E-state index in [2.05, 4.69) is 42.5 Å². The highest BCUT2D eigenvalue weighted by molar-refractivity contribution is 5.81. The summed E-state index contributed by atoms with van der Waals surface area (Å²) in [6.45, 7) is 4.90. The number of aliphatic imine (C=N–C) groups is 1. The lowest BCUT2D eigenvalue weighted by molar-refractivity contribution is 0.370. The maximum atomic E-state index is 10.1. The molecule has 1 aliphatic rings. The number of hydrogen-bond donors (Lipinski definition) is 3. The third kappa shape index (κ3) is 4.56. The standard InChI is InChI=1S/C23H28N6O/c1-24-23(29-16-14-28(15-17-29)20-8-4-5-9-21(20)30)26-13-12-25-22-11-10-18-6-2-3-7-19(18)27-22/h2-11,30H,12-17H2,1H3,(H,24,26)(H,25,27). The van der Waals surface area contributed by atoms with E-state index in [4.69, 9.17) is 0 Å². The largest absolute Gasteiger partial charge is 0.506 e. The van der Waals surface area contributed by atoms with Gasteiger partial charge in [-0.1, -0.05) is 30.3 Å². The molecule has 1 saturated heterocycles. The molecule has 0 aliphatic carbocycles. The maximum Gasteiger partial charge on any atom is 0.193 e. The first-order chi connectivity index (χ1) is 14.7. The molecule has 1 aliphatic heterocycles. The third-order valence-corrected chi connectivity index (χ3v) is 5.33. The number of aromatic nitrogens is 1. The van der Waals surface area contributed by atoms with E-state index < -0.39 is 0 Å². The summed E-state index contributed by atoms with van der Waals surface area (Å²) in [6, 6.07) is 19.7. The fourth-order valence-corrected chi connectivity index (χ4v) is 3.75. The van der Waals surface area contributed by atoms with E-state index in [1.807, 2.05) is 49.5 Å². The van der Waals surface area contributed by atoms with Crippen molar-refractivity contribution in [3.05, 3.63) is 60.7 Å². The number of nitrogens with one attached hydrogen (secondary N) is 2. The predicted octanol–water partition coefficient (Wildman–Crippen LogP) is 2.75. The van der Waals surface area contributed by atoms with Gasteiger partial charge in [-0.05, 0) is 30.3 Å². The molecule has 0 atom stereocenters. The van der Waals surface area contributed by atoms with E-state index in [0.29, 0.717) is 5.75 Å². The fourth-order valence-electron chi connectivity index (χ4n) is 3.75. The van der Waals surface area contributed by atoms with Gasteiger partial charge >= 0.3 is 0 Å². The minimum absolute atomic E-state index is 0.335. The number of nitrogens with zero attached hydrogens (tertiary/aromatic N) is 4. The van der Waals surface area contributed by atoms with Crippen LogP contribution in [0.25, 0.3) is 10.9 Å². The minimum Gasteiger partial charge on any atom is -0.506 e. The molecule has 1 aromatic heterocycles. The van der Waals surface area contributed by atoms with Gasteiger partial charge < -0.3 is 25.5 Å². The van der Waals surface area contributed by atoms with Gasteiger partial charge in [0.05, 0.1) is 11.2 Å². The number of piperazine rings is 1. The van der Waals surface area contributed by atoms with E-state index in [-0.39, 0.29) is 0 Å². The van der Waals surface area contributed by atoms with Crippen molar-refractivity contribution < 1.29 is 5.11 Å². The predicted molar refractivity (Wildman–Crippen MR) is 123 cm³/mol. The molecule has 3 N–H and O–H groups in total. The van der Waals surface area contributed by atoms with E-state index in [1.54, 1.807) is 6.07 Å². The smallest absolute Gasteiger partial charge is 0.193 e. The van der Waals surface area contributed by atoms with Gasteiger partial charge in [-0.3, -0.25) is 4.99 Å². The summed E-state index contributed by atoms with van der Waals surface area (Å²) in [6.07, 6.45) is 0. The van der Waals surface area contributed by atoms with Crippen molar-refractivity contribution in [3.63, 3.8) is 0 Å². The van der Waals surface area contributed by atoms with E-state index in [1.165, 1.54) is 0 Å². The fraction of sp³-hybridized carbons (Fsp3) is 0.304. The Kier molecular flexibility index (Phi) is 6.17. The quantitative estimate of drug-likeness (QED) is 0.345. The van der Waals surface area contributed by atoms with E-state index in [9.17, 15) is 5.11 Å². The number of anilines is 2. The molecule has 156 valence electrons. The monoisotopic (exact) mass is 404 g/mol. The molecule has 7 nitrogen and oxygen atoms in total. The van der Waals surface area contributed by atoms with Gasteiger partial charge in [0.15, 0.2) is 5.96 Å². The highest BCUT2D eigenvalue weighted by Gasteiger charge is 2.21. The molecule has 30 heavy (non-hydrogen) atoms. The van der Waals surface area contributed by atoms with Gasteiger partial charge in [-0.2, -0.15) is 0 Å². The van der Waals surface area contributed by atoms with E-state index in [0.717, 1.165) is 67.6 Å².